The monoisotopic (exact) mass is 481 g/mol. The summed E-state index contributed by atoms with van der Waals surface area (Å²) < 4.78 is 21.9. The van der Waals surface area contributed by atoms with E-state index in [2.05, 4.69) is 26.7 Å². The molecule has 1 fully saturated rings. The van der Waals surface area contributed by atoms with E-state index in [0.717, 1.165) is 5.39 Å². The van der Waals surface area contributed by atoms with Crippen molar-refractivity contribution in [3.05, 3.63) is 47.9 Å². The lowest BCUT2D eigenvalue weighted by Crippen LogP contribution is -2.45. The van der Waals surface area contributed by atoms with Gasteiger partial charge in [-0.3, -0.25) is 14.3 Å². The van der Waals surface area contributed by atoms with Crippen molar-refractivity contribution in [3.63, 3.8) is 0 Å². The smallest absolute Gasteiger partial charge is 0.255 e. The van der Waals surface area contributed by atoms with Gasteiger partial charge in [0.15, 0.2) is 11.1 Å². The van der Waals surface area contributed by atoms with Crippen LogP contribution >= 0.6 is 0 Å². The quantitative estimate of drug-likeness (QED) is 0.438. The lowest BCUT2D eigenvalue weighted by molar-refractivity contribution is 0.0915. The van der Waals surface area contributed by atoms with Gasteiger partial charge >= 0.3 is 0 Å². The predicted molar refractivity (Wildman–Crippen MR) is 130 cm³/mol. The fourth-order valence-electron chi connectivity index (χ4n) is 4.08. The third-order valence-corrected chi connectivity index (χ3v) is 6.28. The van der Waals surface area contributed by atoms with Gasteiger partial charge in [-0.25, -0.2) is 14.2 Å². The van der Waals surface area contributed by atoms with E-state index in [1.54, 1.807) is 12.3 Å². The van der Waals surface area contributed by atoms with Crippen LogP contribution in [0.25, 0.3) is 16.9 Å². The molecular weight excluding hydrogens is 454 g/mol. The number of pyridine rings is 2. The zero-order valence-corrected chi connectivity index (χ0v) is 19.9. The number of amides is 1. The summed E-state index contributed by atoms with van der Waals surface area (Å²) in [5.74, 6) is 0.535. The maximum absolute atomic E-state index is 13.1. The molecule has 1 saturated heterocycles. The standard InChI is InChI=1S/C23H27N7O3S/c1-15(2)27-20-10-21(30-8-3-17-9-16(11-24)12-26-22(17)30)25-13-19(20)23(31)28-18-4-6-29(7-5-18)14-34(32)33/h3,8-10,12-13,15,18H,4-7,14H2,1-2H3,(H,25,27)(H,28,31)(H,32,33). The molecule has 1 atom stereocenters. The molecule has 0 bridgehead atoms. The van der Waals surface area contributed by atoms with Gasteiger partial charge in [-0.2, -0.15) is 5.26 Å². The molecule has 0 spiro atoms. The lowest BCUT2D eigenvalue weighted by Gasteiger charge is -2.31. The van der Waals surface area contributed by atoms with Crippen LogP contribution in [0, 0.1) is 11.3 Å². The number of carbonyl (C=O) groups is 1. The van der Waals surface area contributed by atoms with Gasteiger partial charge in [0.05, 0.1) is 16.8 Å². The van der Waals surface area contributed by atoms with Gasteiger partial charge in [-0.1, -0.05) is 0 Å². The first kappa shape index (κ1) is 23.8. The summed E-state index contributed by atoms with van der Waals surface area (Å²) in [6.07, 6.45) is 6.36. The second-order valence-electron chi connectivity index (χ2n) is 8.64. The summed E-state index contributed by atoms with van der Waals surface area (Å²) >= 11 is -1.85. The summed E-state index contributed by atoms with van der Waals surface area (Å²) in [6.45, 7) is 5.32. The Morgan fingerprint density at radius 3 is 2.74 bits per heavy atom. The number of aromatic nitrogens is 3. The molecule has 34 heavy (non-hydrogen) atoms. The third-order valence-electron chi connectivity index (χ3n) is 5.70. The van der Waals surface area contributed by atoms with Gasteiger partial charge in [0.25, 0.3) is 5.91 Å². The van der Waals surface area contributed by atoms with E-state index in [1.807, 2.05) is 41.6 Å². The molecule has 4 heterocycles. The molecule has 4 rings (SSSR count). The van der Waals surface area contributed by atoms with E-state index in [1.165, 1.54) is 6.20 Å². The number of carbonyl (C=O) groups excluding carboxylic acids is 1. The first-order valence-electron chi connectivity index (χ1n) is 11.1. The van der Waals surface area contributed by atoms with E-state index in [4.69, 9.17) is 9.81 Å². The van der Waals surface area contributed by atoms with Crippen LogP contribution in [-0.2, 0) is 11.1 Å². The van der Waals surface area contributed by atoms with Gasteiger partial charge in [0, 0.05) is 55.2 Å². The molecule has 3 aromatic rings. The molecule has 0 aromatic carbocycles. The molecule has 1 aliphatic heterocycles. The summed E-state index contributed by atoms with van der Waals surface area (Å²) in [4.78, 5) is 24.0. The minimum absolute atomic E-state index is 0.00521. The van der Waals surface area contributed by atoms with E-state index in [-0.39, 0.29) is 23.9 Å². The fourth-order valence-corrected chi connectivity index (χ4v) is 4.65. The maximum Gasteiger partial charge on any atom is 0.255 e. The van der Waals surface area contributed by atoms with Gasteiger partial charge in [0.2, 0.25) is 0 Å². The van der Waals surface area contributed by atoms with Crippen LogP contribution in [-0.4, -0.2) is 65.2 Å². The molecule has 0 radical (unpaired) electrons. The Kier molecular flexibility index (Phi) is 7.21. The Morgan fingerprint density at radius 1 is 1.29 bits per heavy atom. The van der Waals surface area contributed by atoms with Gasteiger partial charge in [-0.05, 0) is 38.8 Å². The van der Waals surface area contributed by atoms with Crippen molar-refractivity contribution in [3.8, 4) is 11.9 Å². The SMILES string of the molecule is CC(C)Nc1cc(-n2ccc3cc(C#N)cnc32)ncc1C(=O)NC1CCN(CS(=O)O)CC1. The molecule has 3 aromatic heterocycles. The molecule has 3 N–H and O–H groups in total. The molecule has 1 aliphatic rings. The number of nitrogens with one attached hydrogen (secondary N) is 2. The minimum Gasteiger partial charge on any atom is -0.382 e. The van der Waals surface area contributed by atoms with Crippen molar-refractivity contribution in [2.24, 2.45) is 0 Å². The zero-order valence-electron chi connectivity index (χ0n) is 19.1. The minimum atomic E-state index is -1.85. The average molecular weight is 482 g/mol. The van der Waals surface area contributed by atoms with Gasteiger partial charge in [-0.15, -0.1) is 0 Å². The Labute approximate surface area is 200 Å². The lowest BCUT2D eigenvalue weighted by atomic mass is 10.0. The third kappa shape index (κ3) is 5.41. The first-order chi connectivity index (χ1) is 16.3. The zero-order chi connectivity index (χ0) is 24.2. The van der Waals surface area contributed by atoms with E-state index < -0.39 is 11.1 Å². The summed E-state index contributed by atoms with van der Waals surface area (Å²) in [6, 6.07) is 7.66. The molecule has 10 nitrogen and oxygen atoms in total. The van der Waals surface area contributed by atoms with Crippen molar-refractivity contribution >= 4 is 33.7 Å². The number of hydrogen-bond acceptors (Lipinski definition) is 7. The van der Waals surface area contributed by atoms with Crippen LogP contribution in [0.3, 0.4) is 0 Å². The topological polar surface area (TPSA) is 136 Å². The Morgan fingerprint density at radius 2 is 2.06 bits per heavy atom. The molecule has 178 valence electrons. The van der Waals surface area contributed by atoms with Crippen molar-refractivity contribution in [1.29, 1.82) is 5.26 Å². The van der Waals surface area contributed by atoms with Gasteiger partial charge in [0.1, 0.15) is 23.4 Å². The maximum atomic E-state index is 13.1. The van der Waals surface area contributed by atoms with E-state index >= 15 is 0 Å². The number of nitriles is 1. The molecule has 0 aliphatic carbocycles. The Hall–Kier alpha value is -3.33. The van der Waals surface area contributed by atoms with Crippen LogP contribution in [0.1, 0.15) is 42.6 Å². The number of fused-ring (bicyclic) bond motifs is 1. The number of hydrogen-bond donors (Lipinski definition) is 3. The number of piperidine rings is 1. The molecule has 1 amide bonds. The predicted octanol–water partition coefficient (Wildman–Crippen LogP) is 2.49. The molecule has 0 saturated carbocycles. The van der Waals surface area contributed by atoms with Crippen molar-refractivity contribution < 1.29 is 13.6 Å². The summed E-state index contributed by atoms with van der Waals surface area (Å²) in [5.41, 5.74) is 2.28. The van der Waals surface area contributed by atoms with Crippen molar-refractivity contribution in [2.75, 3.05) is 24.3 Å². The second kappa shape index (κ2) is 10.3. The highest BCUT2D eigenvalue weighted by Gasteiger charge is 2.23. The number of anilines is 1. The van der Waals surface area contributed by atoms with Crippen molar-refractivity contribution in [2.45, 2.75) is 38.8 Å². The second-order valence-corrected chi connectivity index (χ2v) is 9.54. The molecular formula is C23H27N7O3S. The number of likely N-dealkylation sites (tertiary alicyclic amines) is 1. The van der Waals surface area contributed by atoms with Gasteiger partial charge < -0.3 is 15.2 Å². The Bertz CT molecular complexity index is 1260. The van der Waals surface area contributed by atoms with E-state index in [0.29, 0.717) is 54.2 Å². The van der Waals surface area contributed by atoms with Crippen LogP contribution < -0.4 is 10.6 Å². The number of rotatable bonds is 7. The highest BCUT2D eigenvalue weighted by molar-refractivity contribution is 7.79. The molecule has 11 heteroatoms. The van der Waals surface area contributed by atoms with Crippen molar-refractivity contribution in [1.82, 2.24) is 24.8 Å². The van der Waals surface area contributed by atoms with Crippen LogP contribution in [0.5, 0.6) is 0 Å². The summed E-state index contributed by atoms with van der Waals surface area (Å²) in [5, 5.41) is 16.4. The first-order valence-corrected chi connectivity index (χ1v) is 12.4. The molecule has 1 unspecified atom stereocenters. The highest BCUT2D eigenvalue weighted by atomic mass is 32.2. The largest absolute Gasteiger partial charge is 0.382 e. The fraction of sp³-hybridized carbons (Fsp3) is 0.391. The van der Waals surface area contributed by atoms with Crippen LogP contribution in [0.15, 0.2) is 36.8 Å². The van der Waals surface area contributed by atoms with Crippen LogP contribution in [0.2, 0.25) is 0 Å². The number of nitrogens with zero attached hydrogens (tertiary/aromatic N) is 5. The van der Waals surface area contributed by atoms with E-state index in [9.17, 15) is 9.00 Å². The normalized spacial score (nSPS) is 15.9. The van der Waals surface area contributed by atoms with Crippen LogP contribution in [0.4, 0.5) is 5.69 Å². The average Bonchev–Trinajstić information content (AvgIpc) is 3.22. The summed E-state index contributed by atoms with van der Waals surface area (Å²) in [7, 11) is 0. The Balaban J connectivity index is 1.55. The highest BCUT2D eigenvalue weighted by Crippen LogP contribution is 2.24.